The summed E-state index contributed by atoms with van der Waals surface area (Å²) in [4.78, 5) is 19.6. The van der Waals surface area contributed by atoms with Gasteiger partial charge in [0.2, 0.25) is 0 Å². The van der Waals surface area contributed by atoms with Crippen molar-refractivity contribution >= 4 is 11.9 Å². The Labute approximate surface area is 101 Å². The molecule has 4 heteroatoms. The van der Waals surface area contributed by atoms with E-state index in [1.54, 1.807) is 12.1 Å². The van der Waals surface area contributed by atoms with Gasteiger partial charge in [-0.2, -0.15) is 0 Å². The van der Waals surface area contributed by atoms with E-state index < -0.39 is 5.97 Å². The zero-order valence-corrected chi connectivity index (χ0v) is 9.97. The lowest BCUT2D eigenvalue weighted by molar-refractivity contribution is -0.134. The van der Waals surface area contributed by atoms with Crippen LogP contribution in [-0.4, -0.2) is 17.0 Å². The Balaban J connectivity index is 0.000000557. The van der Waals surface area contributed by atoms with Crippen LogP contribution in [0.5, 0.6) is 5.75 Å². The fourth-order valence-corrected chi connectivity index (χ4v) is 1.03. The molecule has 17 heavy (non-hydrogen) atoms. The Hall–Kier alpha value is -2.10. The first-order valence-corrected chi connectivity index (χ1v) is 5.03. The first kappa shape index (κ1) is 14.9. The van der Waals surface area contributed by atoms with Crippen molar-refractivity contribution in [2.24, 2.45) is 0 Å². The van der Waals surface area contributed by atoms with Gasteiger partial charge in [0.05, 0.1) is 0 Å². The molecule has 0 atom stereocenters. The smallest absolute Gasteiger partial charge is 0.308 e. The molecule has 0 spiro atoms. The molecular formula is C13H16O4. The number of benzene rings is 1. The number of carboxylic acid groups (broad SMARTS) is 1. The third-order valence-electron chi connectivity index (χ3n) is 1.56. The van der Waals surface area contributed by atoms with E-state index in [0.29, 0.717) is 5.75 Å². The molecule has 4 nitrogen and oxygen atoms in total. The van der Waals surface area contributed by atoms with Crippen molar-refractivity contribution < 1.29 is 19.4 Å². The summed E-state index contributed by atoms with van der Waals surface area (Å²) >= 11 is 0. The standard InChI is InChI=1S/C11H12O2.C2H4O2/c1-3-4-10-5-7-11(8-6-10)13-9(2)12;1-2(3)4/h3,5-8H,1,4H2,2H3;1H3,(H,3,4). The second-order valence-corrected chi connectivity index (χ2v) is 3.25. The lowest BCUT2D eigenvalue weighted by Gasteiger charge is -2.01. The van der Waals surface area contributed by atoms with Crippen molar-refractivity contribution in [2.75, 3.05) is 0 Å². The van der Waals surface area contributed by atoms with Crippen molar-refractivity contribution in [1.29, 1.82) is 0 Å². The van der Waals surface area contributed by atoms with Gasteiger partial charge in [0.25, 0.3) is 5.97 Å². The van der Waals surface area contributed by atoms with Crippen LogP contribution >= 0.6 is 0 Å². The molecule has 92 valence electrons. The Morgan fingerprint density at radius 1 is 1.29 bits per heavy atom. The van der Waals surface area contributed by atoms with Crippen LogP contribution in [0.3, 0.4) is 0 Å². The molecule has 1 rings (SSSR count). The highest BCUT2D eigenvalue weighted by molar-refractivity contribution is 5.69. The SMILES string of the molecule is C=CCc1ccc(OC(C)=O)cc1.CC(=O)O. The zero-order valence-electron chi connectivity index (χ0n) is 9.97. The van der Waals surface area contributed by atoms with E-state index in [1.165, 1.54) is 6.92 Å². The summed E-state index contributed by atoms with van der Waals surface area (Å²) in [6, 6.07) is 7.39. The molecule has 1 aromatic carbocycles. The number of rotatable bonds is 3. The van der Waals surface area contributed by atoms with Gasteiger partial charge in [-0.15, -0.1) is 6.58 Å². The van der Waals surface area contributed by atoms with Crippen molar-refractivity contribution in [3.05, 3.63) is 42.5 Å². The molecule has 0 heterocycles. The van der Waals surface area contributed by atoms with Gasteiger partial charge in [0.1, 0.15) is 5.75 Å². The summed E-state index contributed by atoms with van der Waals surface area (Å²) in [6.07, 6.45) is 2.67. The van der Waals surface area contributed by atoms with Gasteiger partial charge >= 0.3 is 5.97 Å². The van der Waals surface area contributed by atoms with Crippen LogP contribution in [0.25, 0.3) is 0 Å². The Bertz CT molecular complexity index is 375. The topological polar surface area (TPSA) is 63.6 Å². The molecule has 0 aliphatic carbocycles. The monoisotopic (exact) mass is 236 g/mol. The number of carboxylic acids is 1. The zero-order chi connectivity index (χ0) is 13.3. The van der Waals surface area contributed by atoms with Gasteiger partial charge in [-0.3, -0.25) is 9.59 Å². The molecule has 0 saturated carbocycles. The van der Waals surface area contributed by atoms with Gasteiger partial charge in [0, 0.05) is 13.8 Å². The number of ether oxygens (including phenoxy) is 1. The molecule has 0 fully saturated rings. The normalized spacial score (nSPS) is 8.59. The summed E-state index contributed by atoms with van der Waals surface area (Å²) in [5, 5.41) is 7.42. The largest absolute Gasteiger partial charge is 0.481 e. The van der Waals surface area contributed by atoms with Crippen LogP contribution in [0.15, 0.2) is 36.9 Å². The Morgan fingerprint density at radius 2 is 1.76 bits per heavy atom. The van der Waals surface area contributed by atoms with E-state index in [0.717, 1.165) is 18.9 Å². The van der Waals surface area contributed by atoms with Crippen molar-refractivity contribution in [3.63, 3.8) is 0 Å². The Kier molecular flexibility index (Phi) is 7.10. The van der Waals surface area contributed by atoms with Crippen LogP contribution < -0.4 is 4.74 Å². The van der Waals surface area contributed by atoms with Crippen LogP contribution in [0.2, 0.25) is 0 Å². The highest BCUT2D eigenvalue weighted by Gasteiger charge is 1.96. The Morgan fingerprint density at radius 3 is 2.12 bits per heavy atom. The third-order valence-corrected chi connectivity index (χ3v) is 1.56. The maximum Gasteiger partial charge on any atom is 0.308 e. The number of aliphatic carboxylic acids is 1. The molecule has 0 bridgehead atoms. The minimum absolute atomic E-state index is 0.295. The number of hydrogen-bond acceptors (Lipinski definition) is 3. The van der Waals surface area contributed by atoms with Crippen molar-refractivity contribution in [1.82, 2.24) is 0 Å². The quantitative estimate of drug-likeness (QED) is 0.497. The van der Waals surface area contributed by atoms with Crippen LogP contribution in [0, 0.1) is 0 Å². The number of allylic oxidation sites excluding steroid dienone is 1. The van der Waals surface area contributed by atoms with Gasteiger partial charge in [0.15, 0.2) is 0 Å². The average Bonchev–Trinajstić information content (AvgIpc) is 2.19. The van der Waals surface area contributed by atoms with Gasteiger partial charge in [-0.25, -0.2) is 0 Å². The fourth-order valence-electron chi connectivity index (χ4n) is 1.03. The maximum absolute atomic E-state index is 10.6. The molecule has 0 unspecified atom stereocenters. The summed E-state index contributed by atoms with van der Waals surface area (Å²) in [7, 11) is 0. The van der Waals surface area contributed by atoms with Crippen molar-refractivity contribution in [2.45, 2.75) is 20.3 Å². The second-order valence-electron chi connectivity index (χ2n) is 3.25. The summed E-state index contributed by atoms with van der Waals surface area (Å²) in [5.74, 6) is -0.545. The van der Waals surface area contributed by atoms with E-state index >= 15 is 0 Å². The van der Waals surface area contributed by atoms with Crippen LogP contribution in [0.1, 0.15) is 19.4 Å². The number of hydrogen-bond donors (Lipinski definition) is 1. The molecule has 0 radical (unpaired) electrons. The number of esters is 1. The van der Waals surface area contributed by atoms with E-state index in [4.69, 9.17) is 14.6 Å². The molecular weight excluding hydrogens is 220 g/mol. The molecule has 0 aliphatic heterocycles. The van der Waals surface area contributed by atoms with Gasteiger partial charge in [-0.05, 0) is 24.1 Å². The highest BCUT2D eigenvalue weighted by atomic mass is 16.5. The van der Waals surface area contributed by atoms with Gasteiger partial charge < -0.3 is 9.84 Å². The first-order chi connectivity index (χ1) is 7.95. The fraction of sp³-hybridized carbons (Fsp3) is 0.231. The maximum atomic E-state index is 10.6. The summed E-state index contributed by atoms with van der Waals surface area (Å²) in [5.41, 5.74) is 1.16. The highest BCUT2D eigenvalue weighted by Crippen LogP contribution is 2.12. The van der Waals surface area contributed by atoms with E-state index in [-0.39, 0.29) is 5.97 Å². The number of carbonyl (C=O) groups excluding carboxylic acids is 1. The van der Waals surface area contributed by atoms with Crippen molar-refractivity contribution in [3.8, 4) is 5.75 Å². The van der Waals surface area contributed by atoms with Crippen LogP contribution in [-0.2, 0) is 16.0 Å². The predicted molar refractivity (Wildman–Crippen MR) is 65.0 cm³/mol. The van der Waals surface area contributed by atoms with E-state index in [9.17, 15) is 4.79 Å². The molecule has 0 amide bonds. The van der Waals surface area contributed by atoms with E-state index in [1.807, 2.05) is 18.2 Å². The summed E-state index contributed by atoms with van der Waals surface area (Å²) < 4.78 is 4.88. The second kappa shape index (κ2) is 8.10. The van der Waals surface area contributed by atoms with Crippen LogP contribution in [0.4, 0.5) is 0 Å². The molecule has 0 aromatic heterocycles. The first-order valence-electron chi connectivity index (χ1n) is 5.03. The molecule has 1 N–H and O–H groups in total. The average molecular weight is 236 g/mol. The van der Waals surface area contributed by atoms with Gasteiger partial charge in [-0.1, -0.05) is 18.2 Å². The molecule has 0 aliphatic rings. The minimum Gasteiger partial charge on any atom is -0.481 e. The predicted octanol–water partition coefficient (Wildman–Crippen LogP) is 2.43. The van der Waals surface area contributed by atoms with E-state index in [2.05, 4.69) is 6.58 Å². The minimum atomic E-state index is -0.833. The third kappa shape index (κ3) is 8.87. The number of carbonyl (C=O) groups is 2. The molecule has 1 aromatic rings. The lowest BCUT2D eigenvalue weighted by atomic mass is 10.1. The summed E-state index contributed by atoms with van der Waals surface area (Å²) in [6.45, 7) is 6.11. The molecule has 0 saturated heterocycles. The lowest BCUT2D eigenvalue weighted by Crippen LogP contribution is -2.00.